The van der Waals surface area contributed by atoms with Crippen LogP contribution in [0.25, 0.3) is 11.0 Å². The van der Waals surface area contributed by atoms with E-state index in [1.807, 2.05) is 38.1 Å². The summed E-state index contributed by atoms with van der Waals surface area (Å²) in [6.07, 6.45) is 1.38. The van der Waals surface area contributed by atoms with Gasteiger partial charge in [0, 0.05) is 12.7 Å². The standard InChI is InChI=1S/C21H24N4O4/c1-5-25-18-16(20(27)24-21(25)28)10-14(11-22-18)19(26)23-17(12(2)3)13-6-8-15(29-4)9-7-13/h6-12,17H,5H2,1-4H3,(H,23,26)(H,24,27,28). The van der Waals surface area contributed by atoms with E-state index in [0.29, 0.717) is 6.54 Å². The van der Waals surface area contributed by atoms with Gasteiger partial charge in [0.15, 0.2) is 0 Å². The van der Waals surface area contributed by atoms with Gasteiger partial charge in [-0.1, -0.05) is 26.0 Å². The second kappa shape index (κ2) is 8.30. The topological polar surface area (TPSA) is 106 Å². The number of carbonyl (C=O) groups excluding carboxylic acids is 1. The second-order valence-corrected chi connectivity index (χ2v) is 7.07. The van der Waals surface area contributed by atoms with Gasteiger partial charge in [-0.25, -0.2) is 9.78 Å². The minimum Gasteiger partial charge on any atom is -0.497 e. The largest absolute Gasteiger partial charge is 0.497 e. The summed E-state index contributed by atoms with van der Waals surface area (Å²) in [6.45, 7) is 6.16. The van der Waals surface area contributed by atoms with E-state index in [2.05, 4.69) is 15.3 Å². The number of aromatic amines is 1. The van der Waals surface area contributed by atoms with E-state index in [9.17, 15) is 14.4 Å². The Kier molecular flexibility index (Phi) is 5.81. The lowest BCUT2D eigenvalue weighted by atomic mass is 9.95. The van der Waals surface area contributed by atoms with Crippen molar-refractivity contribution in [1.82, 2.24) is 19.9 Å². The lowest BCUT2D eigenvalue weighted by molar-refractivity contribution is 0.0925. The molecule has 0 saturated carbocycles. The van der Waals surface area contributed by atoms with Crippen LogP contribution in [0.1, 0.15) is 42.7 Å². The molecule has 2 aromatic heterocycles. The third-order valence-corrected chi connectivity index (χ3v) is 4.84. The molecule has 0 fully saturated rings. The fraction of sp³-hybridized carbons (Fsp3) is 0.333. The average Bonchev–Trinajstić information content (AvgIpc) is 2.71. The molecular formula is C21H24N4O4. The number of rotatable bonds is 6. The molecule has 1 aromatic carbocycles. The predicted molar refractivity (Wildman–Crippen MR) is 110 cm³/mol. The van der Waals surface area contributed by atoms with Crippen LogP contribution < -0.4 is 21.3 Å². The molecule has 0 saturated heterocycles. The summed E-state index contributed by atoms with van der Waals surface area (Å²) in [5, 5.41) is 3.21. The van der Waals surface area contributed by atoms with Gasteiger partial charge in [0.1, 0.15) is 11.4 Å². The van der Waals surface area contributed by atoms with Crippen molar-refractivity contribution in [3.05, 3.63) is 68.5 Å². The maximum Gasteiger partial charge on any atom is 0.329 e. The van der Waals surface area contributed by atoms with Gasteiger partial charge in [-0.2, -0.15) is 0 Å². The van der Waals surface area contributed by atoms with Gasteiger partial charge >= 0.3 is 5.69 Å². The fourth-order valence-corrected chi connectivity index (χ4v) is 3.26. The van der Waals surface area contributed by atoms with Crippen molar-refractivity contribution in [2.75, 3.05) is 7.11 Å². The highest BCUT2D eigenvalue weighted by molar-refractivity contribution is 5.97. The van der Waals surface area contributed by atoms with Crippen LogP contribution in [0, 0.1) is 5.92 Å². The maximum absolute atomic E-state index is 12.9. The molecule has 3 aromatic rings. The lowest BCUT2D eigenvalue weighted by Crippen LogP contribution is -2.33. The minimum absolute atomic E-state index is 0.134. The van der Waals surface area contributed by atoms with Crippen molar-refractivity contribution in [3.8, 4) is 5.75 Å². The number of carbonyl (C=O) groups is 1. The summed E-state index contributed by atoms with van der Waals surface area (Å²) in [5.41, 5.74) is 0.374. The highest BCUT2D eigenvalue weighted by atomic mass is 16.5. The Labute approximate surface area is 167 Å². The number of pyridine rings is 1. The molecule has 8 nitrogen and oxygen atoms in total. The zero-order valence-corrected chi connectivity index (χ0v) is 16.9. The highest BCUT2D eigenvalue weighted by Crippen LogP contribution is 2.24. The van der Waals surface area contributed by atoms with Crippen molar-refractivity contribution >= 4 is 16.9 Å². The molecule has 0 aliphatic rings. The zero-order valence-electron chi connectivity index (χ0n) is 16.9. The number of amides is 1. The van der Waals surface area contributed by atoms with Crippen LogP contribution in [0.15, 0.2) is 46.1 Å². The average molecular weight is 396 g/mol. The van der Waals surface area contributed by atoms with Gasteiger partial charge in [-0.3, -0.25) is 19.1 Å². The van der Waals surface area contributed by atoms with Crippen molar-refractivity contribution in [2.24, 2.45) is 5.92 Å². The van der Waals surface area contributed by atoms with E-state index in [4.69, 9.17) is 4.74 Å². The van der Waals surface area contributed by atoms with E-state index in [-0.39, 0.29) is 34.5 Å². The smallest absolute Gasteiger partial charge is 0.329 e. The van der Waals surface area contributed by atoms with Crippen LogP contribution in [-0.4, -0.2) is 27.6 Å². The van der Waals surface area contributed by atoms with Crippen molar-refractivity contribution in [1.29, 1.82) is 0 Å². The van der Waals surface area contributed by atoms with E-state index in [1.54, 1.807) is 14.0 Å². The van der Waals surface area contributed by atoms with E-state index >= 15 is 0 Å². The first-order valence-electron chi connectivity index (χ1n) is 9.43. The summed E-state index contributed by atoms with van der Waals surface area (Å²) in [4.78, 5) is 43.5. The summed E-state index contributed by atoms with van der Waals surface area (Å²) in [5.74, 6) is 0.527. The first kappa shape index (κ1) is 20.3. The molecule has 1 atom stereocenters. The van der Waals surface area contributed by atoms with Gasteiger partial charge < -0.3 is 10.1 Å². The molecule has 0 spiro atoms. The SMILES string of the molecule is CCn1c(=O)[nH]c(=O)c2cc(C(=O)NC(c3ccc(OC)cc3)C(C)C)cnc21. The fourth-order valence-electron chi connectivity index (χ4n) is 3.26. The number of nitrogens with one attached hydrogen (secondary N) is 2. The van der Waals surface area contributed by atoms with E-state index in [0.717, 1.165) is 11.3 Å². The monoisotopic (exact) mass is 396 g/mol. The number of ether oxygens (including phenoxy) is 1. The lowest BCUT2D eigenvalue weighted by Gasteiger charge is -2.23. The molecule has 29 heavy (non-hydrogen) atoms. The maximum atomic E-state index is 12.9. The number of methoxy groups -OCH3 is 1. The van der Waals surface area contributed by atoms with Gasteiger partial charge in [-0.15, -0.1) is 0 Å². The highest BCUT2D eigenvalue weighted by Gasteiger charge is 2.20. The normalized spacial score (nSPS) is 12.2. The molecule has 1 amide bonds. The molecule has 152 valence electrons. The molecule has 8 heteroatoms. The summed E-state index contributed by atoms with van der Waals surface area (Å²) in [6, 6.07) is 8.75. The van der Waals surface area contributed by atoms with Crippen LogP contribution in [0.5, 0.6) is 5.75 Å². The Hall–Kier alpha value is -3.42. The quantitative estimate of drug-likeness (QED) is 0.665. The molecule has 0 bridgehead atoms. The molecule has 3 rings (SSSR count). The minimum atomic E-state index is -0.563. The van der Waals surface area contributed by atoms with Gasteiger partial charge in [0.05, 0.1) is 24.1 Å². The Balaban J connectivity index is 1.95. The molecule has 0 radical (unpaired) electrons. The first-order chi connectivity index (χ1) is 13.8. The van der Waals surface area contributed by atoms with E-state index < -0.39 is 11.2 Å². The van der Waals surface area contributed by atoms with Gasteiger partial charge in [0.2, 0.25) is 0 Å². The molecule has 0 aliphatic heterocycles. The van der Waals surface area contributed by atoms with Crippen molar-refractivity contribution < 1.29 is 9.53 Å². The number of benzene rings is 1. The molecule has 0 aliphatic carbocycles. The number of nitrogens with zero attached hydrogens (tertiary/aromatic N) is 2. The second-order valence-electron chi connectivity index (χ2n) is 7.07. The molecule has 1 unspecified atom stereocenters. The molecule has 2 N–H and O–H groups in total. The first-order valence-corrected chi connectivity index (χ1v) is 9.43. The third kappa shape index (κ3) is 4.06. The van der Waals surface area contributed by atoms with Crippen molar-refractivity contribution in [3.63, 3.8) is 0 Å². The van der Waals surface area contributed by atoms with E-state index in [1.165, 1.54) is 16.8 Å². The van der Waals surface area contributed by atoms with Crippen LogP contribution in [-0.2, 0) is 6.54 Å². The Morgan fingerprint density at radius 3 is 2.52 bits per heavy atom. The number of H-pyrrole nitrogens is 1. The number of hydrogen-bond donors (Lipinski definition) is 2. The summed E-state index contributed by atoms with van der Waals surface area (Å²) in [7, 11) is 1.60. The van der Waals surface area contributed by atoms with Crippen LogP contribution in [0.2, 0.25) is 0 Å². The van der Waals surface area contributed by atoms with Crippen LogP contribution in [0.3, 0.4) is 0 Å². The number of fused-ring (bicyclic) bond motifs is 1. The number of aryl methyl sites for hydroxylation is 1. The summed E-state index contributed by atoms with van der Waals surface area (Å²) >= 11 is 0. The number of aromatic nitrogens is 3. The van der Waals surface area contributed by atoms with Gasteiger partial charge in [0.25, 0.3) is 11.5 Å². The molecular weight excluding hydrogens is 372 g/mol. The zero-order chi connectivity index (χ0) is 21.1. The summed E-state index contributed by atoms with van der Waals surface area (Å²) < 4.78 is 6.54. The molecule has 2 heterocycles. The number of hydrogen-bond acceptors (Lipinski definition) is 5. The van der Waals surface area contributed by atoms with Crippen LogP contribution in [0.4, 0.5) is 0 Å². The van der Waals surface area contributed by atoms with Crippen LogP contribution >= 0.6 is 0 Å². The van der Waals surface area contributed by atoms with Gasteiger partial charge in [-0.05, 0) is 36.6 Å². The Morgan fingerprint density at radius 1 is 1.24 bits per heavy atom. The Bertz CT molecular complexity index is 1150. The van der Waals surface area contributed by atoms with Crippen molar-refractivity contribution in [2.45, 2.75) is 33.4 Å². The third-order valence-electron chi connectivity index (χ3n) is 4.84. The Morgan fingerprint density at radius 2 is 1.93 bits per heavy atom. The predicted octanol–water partition coefficient (Wildman–Crippen LogP) is 2.24.